The summed E-state index contributed by atoms with van der Waals surface area (Å²) < 4.78 is 17.3. The summed E-state index contributed by atoms with van der Waals surface area (Å²) in [4.78, 5) is 29.8. The summed E-state index contributed by atoms with van der Waals surface area (Å²) in [5, 5.41) is 0.792. The average Bonchev–Trinajstić information content (AvgIpc) is 2.76. The molecule has 0 aliphatic rings. The van der Waals surface area contributed by atoms with Crippen molar-refractivity contribution in [2.24, 2.45) is 0 Å². The van der Waals surface area contributed by atoms with E-state index in [1.807, 2.05) is 6.26 Å². The molecule has 8 nitrogen and oxygen atoms in total. The molecule has 0 bridgehead atoms. The molecule has 2 aromatic heterocycles. The number of aromatic nitrogens is 4. The fourth-order valence-corrected chi connectivity index (χ4v) is 2.38. The molecule has 0 atom stereocenters. The van der Waals surface area contributed by atoms with E-state index in [9.17, 15) is 4.57 Å². The number of hydrogen-bond acceptors (Lipinski definition) is 6. The van der Waals surface area contributed by atoms with E-state index < -0.39 is 13.9 Å². The number of hydrogen-bond donors (Lipinski definition) is 2. The van der Waals surface area contributed by atoms with E-state index in [1.54, 1.807) is 10.9 Å². The Morgan fingerprint density at radius 1 is 1.42 bits per heavy atom. The second-order valence-electron chi connectivity index (χ2n) is 3.70. The Morgan fingerprint density at radius 3 is 2.89 bits per heavy atom. The van der Waals surface area contributed by atoms with Crippen molar-refractivity contribution in [3.63, 3.8) is 0 Å². The second kappa shape index (κ2) is 5.98. The van der Waals surface area contributed by atoms with Crippen LogP contribution in [0.4, 0.5) is 0 Å². The highest BCUT2D eigenvalue weighted by atomic mass is 32.2. The molecule has 0 saturated heterocycles. The lowest BCUT2D eigenvalue weighted by molar-refractivity contribution is 0.149. The molecule has 0 amide bonds. The molecule has 0 aromatic carbocycles. The highest BCUT2D eigenvalue weighted by Crippen LogP contribution is 2.33. The molecule has 0 spiro atoms. The van der Waals surface area contributed by atoms with Crippen molar-refractivity contribution < 1.29 is 19.1 Å². The highest BCUT2D eigenvalue weighted by molar-refractivity contribution is 7.98. The summed E-state index contributed by atoms with van der Waals surface area (Å²) in [6, 6.07) is 0. The second-order valence-corrected chi connectivity index (χ2v) is 6.08. The Labute approximate surface area is 113 Å². The SMILES string of the molecule is CSc1ncnc2c1ncn2CCOCP(=O)(O)O. The van der Waals surface area contributed by atoms with E-state index in [4.69, 9.17) is 14.5 Å². The van der Waals surface area contributed by atoms with Crippen LogP contribution in [0.2, 0.25) is 0 Å². The van der Waals surface area contributed by atoms with Gasteiger partial charge in [-0.05, 0) is 6.26 Å². The molecule has 0 aliphatic carbocycles. The Hall–Kier alpha value is -0.990. The molecule has 0 unspecified atom stereocenters. The average molecular weight is 304 g/mol. The maximum Gasteiger partial charge on any atom is 0.350 e. The molecule has 2 heterocycles. The summed E-state index contributed by atoms with van der Waals surface area (Å²) >= 11 is 1.48. The van der Waals surface area contributed by atoms with Gasteiger partial charge in [0.25, 0.3) is 0 Å². The molecule has 104 valence electrons. The van der Waals surface area contributed by atoms with E-state index in [0.717, 1.165) is 5.03 Å². The number of ether oxygens (including phenoxy) is 1. The van der Waals surface area contributed by atoms with E-state index in [-0.39, 0.29) is 6.61 Å². The lowest BCUT2D eigenvalue weighted by atomic mass is 10.5. The Balaban J connectivity index is 2.04. The van der Waals surface area contributed by atoms with Crippen LogP contribution in [0.5, 0.6) is 0 Å². The summed E-state index contributed by atoms with van der Waals surface area (Å²) in [5.74, 6) is 0. The number of fused-ring (bicyclic) bond motifs is 1. The van der Waals surface area contributed by atoms with Crippen LogP contribution in [0.25, 0.3) is 11.2 Å². The first-order valence-electron chi connectivity index (χ1n) is 5.33. The molecule has 10 heteroatoms. The number of nitrogens with zero attached hydrogens (tertiary/aromatic N) is 4. The highest BCUT2D eigenvalue weighted by Gasteiger charge is 2.13. The van der Waals surface area contributed by atoms with Gasteiger partial charge in [0.05, 0.1) is 12.9 Å². The fourth-order valence-electron chi connectivity index (χ4n) is 1.52. The van der Waals surface area contributed by atoms with E-state index in [2.05, 4.69) is 15.0 Å². The minimum absolute atomic E-state index is 0.176. The number of thioether (sulfide) groups is 1. The quantitative estimate of drug-likeness (QED) is 0.347. The first-order valence-corrected chi connectivity index (χ1v) is 8.35. The summed E-state index contributed by atoms with van der Waals surface area (Å²) in [5.41, 5.74) is 1.39. The number of rotatable bonds is 6. The molecular weight excluding hydrogens is 291 g/mol. The largest absolute Gasteiger partial charge is 0.367 e. The maximum absolute atomic E-state index is 10.6. The van der Waals surface area contributed by atoms with Crippen molar-refractivity contribution >= 4 is 30.5 Å². The van der Waals surface area contributed by atoms with Gasteiger partial charge in [0.1, 0.15) is 23.2 Å². The maximum atomic E-state index is 10.6. The van der Waals surface area contributed by atoms with Crippen molar-refractivity contribution in [1.29, 1.82) is 0 Å². The van der Waals surface area contributed by atoms with E-state index >= 15 is 0 Å². The van der Waals surface area contributed by atoms with Crippen LogP contribution in [0, 0.1) is 0 Å². The van der Waals surface area contributed by atoms with Crippen LogP contribution < -0.4 is 0 Å². The third-order valence-electron chi connectivity index (χ3n) is 2.30. The lowest BCUT2D eigenvalue weighted by Crippen LogP contribution is -2.06. The molecule has 2 N–H and O–H groups in total. The molecule has 0 radical (unpaired) electrons. The monoisotopic (exact) mass is 304 g/mol. The zero-order valence-corrected chi connectivity index (χ0v) is 11.8. The molecule has 2 rings (SSSR count). The van der Waals surface area contributed by atoms with Crippen LogP contribution in [0.15, 0.2) is 17.7 Å². The smallest absolute Gasteiger partial charge is 0.350 e. The van der Waals surface area contributed by atoms with Gasteiger partial charge in [-0.1, -0.05) is 0 Å². The first-order chi connectivity index (χ1) is 9.01. The molecule has 19 heavy (non-hydrogen) atoms. The Kier molecular flexibility index (Phi) is 4.54. The van der Waals surface area contributed by atoms with Crippen LogP contribution >= 0.6 is 19.4 Å². The van der Waals surface area contributed by atoms with Crippen molar-refractivity contribution in [3.8, 4) is 0 Å². The van der Waals surface area contributed by atoms with Gasteiger partial charge in [-0.2, -0.15) is 0 Å². The van der Waals surface area contributed by atoms with Crippen LogP contribution in [0.1, 0.15) is 0 Å². The zero-order chi connectivity index (χ0) is 13.9. The van der Waals surface area contributed by atoms with Crippen LogP contribution in [0.3, 0.4) is 0 Å². The van der Waals surface area contributed by atoms with Gasteiger partial charge >= 0.3 is 7.60 Å². The Bertz CT molecular complexity index is 613. The van der Waals surface area contributed by atoms with Gasteiger partial charge in [-0.3, -0.25) is 4.57 Å². The molecule has 0 aliphatic heterocycles. The normalized spacial score (nSPS) is 12.2. The van der Waals surface area contributed by atoms with Crippen molar-refractivity contribution in [2.45, 2.75) is 11.6 Å². The lowest BCUT2D eigenvalue weighted by Gasteiger charge is -2.06. The van der Waals surface area contributed by atoms with Gasteiger partial charge in [0, 0.05) is 6.54 Å². The van der Waals surface area contributed by atoms with E-state index in [0.29, 0.717) is 17.7 Å². The predicted molar refractivity (Wildman–Crippen MR) is 70.0 cm³/mol. The summed E-state index contributed by atoms with van der Waals surface area (Å²) in [6.07, 6.45) is 4.40. The molecule has 0 fully saturated rings. The van der Waals surface area contributed by atoms with Crippen molar-refractivity contribution in [1.82, 2.24) is 19.5 Å². The third-order valence-corrected chi connectivity index (χ3v) is 3.50. The molecular formula is C9H13N4O4PS. The standard InChI is InChI=1S/C9H13N4O4PS/c1-19-9-7-8(10-4-11-9)13(5-12-7)2-3-17-6-18(14,15)16/h4-5H,2-3,6H2,1H3,(H2,14,15,16). The zero-order valence-electron chi connectivity index (χ0n) is 10.1. The van der Waals surface area contributed by atoms with Gasteiger partial charge in [0.15, 0.2) is 5.65 Å². The first kappa shape index (κ1) is 14.4. The van der Waals surface area contributed by atoms with Crippen molar-refractivity contribution in [3.05, 3.63) is 12.7 Å². The molecule has 2 aromatic rings. The van der Waals surface area contributed by atoms with Crippen LogP contribution in [-0.2, 0) is 15.8 Å². The molecule has 0 saturated carbocycles. The van der Waals surface area contributed by atoms with Gasteiger partial charge in [-0.25, -0.2) is 15.0 Å². The number of imidazole rings is 1. The summed E-state index contributed by atoms with van der Waals surface area (Å²) in [7, 11) is -4.11. The minimum Gasteiger partial charge on any atom is -0.367 e. The van der Waals surface area contributed by atoms with Gasteiger partial charge < -0.3 is 19.1 Å². The topological polar surface area (TPSA) is 110 Å². The van der Waals surface area contributed by atoms with Crippen molar-refractivity contribution in [2.75, 3.05) is 19.2 Å². The minimum atomic E-state index is -4.11. The Morgan fingerprint density at radius 2 is 2.21 bits per heavy atom. The van der Waals surface area contributed by atoms with Crippen LogP contribution in [-0.4, -0.2) is 48.5 Å². The van der Waals surface area contributed by atoms with Gasteiger partial charge in [-0.15, -0.1) is 11.8 Å². The van der Waals surface area contributed by atoms with E-state index in [1.165, 1.54) is 18.1 Å². The third kappa shape index (κ3) is 3.74. The fraction of sp³-hybridized carbons (Fsp3) is 0.444. The predicted octanol–water partition coefficient (Wildman–Crippen LogP) is 0.700. The van der Waals surface area contributed by atoms with Gasteiger partial charge in [0.2, 0.25) is 0 Å². The summed E-state index contributed by atoms with van der Waals surface area (Å²) in [6.45, 7) is 0.594.